The first kappa shape index (κ1) is 22.9. The van der Waals surface area contributed by atoms with Crippen LogP contribution >= 0.6 is 0 Å². The van der Waals surface area contributed by atoms with E-state index in [1.807, 2.05) is 6.07 Å². The molecule has 172 valence electrons. The van der Waals surface area contributed by atoms with Gasteiger partial charge in [-0.3, -0.25) is 9.59 Å². The SMILES string of the molecule is O=C(N[C@@H](CO)C(=O)OCc1ccccc1)OCc1ccc2c(c1)C(=O)c1ccccc1C2=O. The molecule has 4 rings (SSSR count). The summed E-state index contributed by atoms with van der Waals surface area (Å²) < 4.78 is 10.2. The van der Waals surface area contributed by atoms with E-state index >= 15 is 0 Å². The number of aliphatic hydroxyl groups is 1. The fourth-order valence-electron chi connectivity index (χ4n) is 3.58. The monoisotopic (exact) mass is 459 g/mol. The van der Waals surface area contributed by atoms with Gasteiger partial charge in [0.2, 0.25) is 0 Å². The van der Waals surface area contributed by atoms with E-state index in [1.165, 1.54) is 12.1 Å². The molecule has 0 bridgehead atoms. The minimum atomic E-state index is -1.30. The Hall–Kier alpha value is -4.30. The van der Waals surface area contributed by atoms with Crippen molar-refractivity contribution < 1.29 is 33.8 Å². The van der Waals surface area contributed by atoms with Crippen LogP contribution in [0.4, 0.5) is 4.79 Å². The fraction of sp³-hybridized carbons (Fsp3) is 0.154. The van der Waals surface area contributed by atoms with Crippen LogP contribution in [-0.2, 0) is 27.5 Å². The lowest BCUT2D eigenvalue weighted by Gasteiger charge is -2.18. The molecule has 1 aliphatic carbocycles. The number of hydrogen-bond donors (Lipinski definition) is 2. The number of ether oxygens (including phenoxy) is 2. The van der Waals surface area contributed by atoms with Crippen molar-refractivity contribution in [3.05, 3.63) is 106 Å². The molecule has 0 unspecified atom stereocenters. The van der Waals surface area contributed by atoms with E-state index in [4.69, 9.17) is 9.47 Å². The summed E-state index contributed by atoms with van der Waals surface area (Å²) in [5, 5.41) is 11.7. The Morgan fingerprint density at radius 1 is 0.735 bits per heavy atom. The third-order valence-corrected chi connectivity index (χ3v) is 5.34. The van der Waals surface area contributed by atoms with Crippen molar-refractivity contribution in [3.8, 4) is 0 Å². The first-order chi connectivity index (χ1) is 16.5. The average molecular weight is 459 g/mol. The summed E-state index contributed by atoms with van der Waals surface area (Å²) in [6.45, 7) is -0.880. The lowest BCUT2D eigenvalue weighted by Crippen LogP contribution is -2.44. The van der Waals surface area contributed by atoms with Crippen molar-refractivity contribution in [1.29, 1.82) is 0 Å². The number of nitrogens with one attached hydrogen (secondary N) is 1. The first-order valence-corrected chi connectivity index (χ1v) is 10.5. The highest BCUT2D eigenvalue weighted by atomic mass is 16.6. The van der Waals surface area contributed by atoms with Crippen molar-refractivity contribution in [3.63, 3.8) is 0 Å². The number of hydrogen-bond acceptors (Lipinski definition) is 7. The summed E-state index contributed by atoms with van der Waals surface area (Å²) in [5.41, 5.74) is 2.47. The van der Waals surface area contributed by atoms with Gasteiger partial charge in [0.25, 0.3) is 0 Å². The molecule has 0 saturated carbocycles. The first-order valence-electron chi connectivity index (χ1n) is 10.5. The number of alkyl carbamates (subject to hydrolysis) is 1. The Bertz CT molecular complexity index is 1250. The van der Waals surface area contributed by atoms with Gasteiger partial charge >= 0.3 is 12.1 Å². The molecule has 1 amide bonds. The van der Waals surface area contributed by atoms with E-state index in [1.54, 1.807) is 54.6 Å². The second kappa shape index (κ2) is 10.1. The van der Waals surface area contributed by atoms with Gasteiger partial charge in [-0.05, 0) is 23.3 Å². The summed E-state index contributed by atoms with van der Waals surface area (Å²) in [5.74, 6) is -1.33. The summed E-state index contributed by atoms with van der Waals surface area (Å²) in [6, 6.07) is 18.9. The number of carbonyl (C=O) groups is 4. The van der Waals surface area contributed by atoms with Crippen LogP contribution < -0.4 is 5.32 Å². The topological polar surface area (TPSA) is 119 Å². The van der Waals surface area contributed by atoms with E-state index < -0.39 is 24.7 Å². The van der Waals surface area contributed by atoms with E-state index in [2.05, 4.69) is 5.32 Å². The van der Waals surface area contributed by atoms with Gasteiger partial charge in [0.1, 0.15) is 13.2 Å². The van der Waals surface area contributed by atoms with Crippen molar-refractivity contribution in [2.45, 2.75) is 19.3 Å². The largest absolute Gasteiger partial charge is 0.459 e. The van der Waals surface area contributed by atoms with Crippen LogP contribution in [0.2, 0.25) is 0 Å². The molecule has 0 aliphatic heterocycles. The van der Waals surface area contributed by atoms with Gasteiger partial charge in [-0.1, -0.05) is 60.7 Å². The lowest BCUT2D eigenvalue weighted by molar-refractivity contribution is -0.148. The molecule has 0 radical (unpaired) electrons. The van der Waals surface area contributed by atoms with Crippen LogP contribution in [0.25, 0.3) is 0 Å². The Morgan fingerprint density at radius 2 is 1.32 bits per heavy atom. The van der Waals surface area contributed by atoms with Gasteiger partial charge in [-0.25, -0.2) is 9.59 Å². The highest BCUT2D eigenvalue weighted by Crippen LogP contribution is 2.28. The minimum absolute atomic E-state index is 0.00208. The predicted molar refractivity (Wildman–Crippen MR) is 120 cm³/mol. The van der Waals surface area contributed by atoms with E-state index in [-0.39, 0.29) is 30.3 Å². The average Bonchev–Trinajstić information content (AvgIpc) is 2.88. The molecule has 0 spiro atoms. The molecule has 8 nitrogen and oxygen atoms in total. The molecule has 34 heavy (non-hydrogen) atoms. The van der Waals surface area contributed by atoms with Gasteiger partial charge in [-0.2, -0.15) is 0 Å². The zero-order valence-corrected chi connectivity index (χ0v) is 18.0. The zero-order valence-electron chi connectivity index (χ0n) is 18.0. The molecule has 0 saturated heterocycles. The quantitative estimate of drug-likeness (QED) is 0.408. The summed E-state index contributed by atoms with van der Waals surface area (Å²) in [4.78, 5) is 49.8. The highest BCUT2D eigenvalue weighted by Gasteiger charge is 2.29. The van der Waals surface area contributed by atoms with Gasteiger partial charge < -0.3 is 19.9 Å². The Labute approximate surface area is 195 Å². The molecular formula is C26H21NO7. The van der Waals surface area contributed by atoms with E-state index in [0.29, 0.717) is 22.3 Å². The number of ketones is 2. The number of amides is 1. The van der Waals surface area contributed by atoms with Crippen LogP contribution in [0.3, 0.4) is 0 Å². The second-order valence-electron chi connectivity index (χ2n) is 7.63. The van der Waals surface area contributed by atoms with E-state index in [0.717, 1.165) is 5.56 Å². The maximum absolute atomic E-state index is 12.8. The van der Waals surface area contributed by atoms with Crippen LogP contribution in [0.15, 0.2) is 72.8 Å². The lowest BCUT2D eigenvalue weighted by atomic mass is 9.83. The zero-order chi connectivity index (χ0) is 24.1. The minimum Gasteiger partial charge on any atom is -0.459 e. The summed E-state index contributed by atoms with van der Waals surface area (Å²) in [6.07, 6.45) is -0.943. The number of rotatable bonds is 7. The molecule has 0 heterocycles. The van der Waals surface area contributed by atoms with Gasteiger partial charge in [0.15, 0.2) is 17.6 Å². The van der Waals surface area contributed by atoms with Crippen molar-refractivity contribution >= 4 is 23.6 Å². The van der Waals surface area contributed by atoms with Crippen LogP contribution in [0.1, 0.15) is 43.0 Å². The molecule has 0 fully saturated rings. The Kier molecular flexibility index (Phi) is 6.79. The maximum Gasteiger partial charge on any atom is 0.408 e. The van der Waals surface area contributed by atoms with Crippen LogP contribution in [0.5, 0.6) is 0 Å². The van der Waals surface area contributed by atoms with Crippen LogP contribution in [-0.4, -0.2) is 41.4 Å². The molecular weight excluding hydrogens is 438 g/mol. The number of esters is 1. The molecule has 1 aliphatic rings. The Morgan fingerprint density at radius 3 is 2.00 bits per heavy atom. The van der Waals surface area contributed by atoms with Gasteiger partial charge in [0, 0.05) is 22.3 Å². The standard InChI is InChI=1S/C26H21NO7/c28-13-22(25(31)33-14-16-6-2-1-3-7-16)27-26(32)34-15-17-10-11-20-21(12-17)24(30)19-9-5-4-8-18(19)23(20)29/h1-12,22,28H,13-15H2,(H,27,32)/t22-/m0/s1. The number of fused-ring (bicyclic) bond motifs is 2. The van der Waals surface area contributed by atoms with E-state index in [9.17, 15) is 24.3 Å². The number of benzene rings is 3. The van der Waals surface area contributed by atoms with Gasteiger partial charge in [0.05, 0.1) is 6.61 Å². The molecule has 1 atom stereocenters. The highest BCUT2D eigenvalue weighted by molar-refractivity contribution is 6.28. The summed E-state index contributed by atoms with van der Waals surface area (Å²) in [7, 11) is 0. The fourth-order valence-corrected chi connectivity index (χ4v) is 3.58. The Balaban J connectivity index is 1.35. The molecule has 3 aromatic carbocycles. The molecule has 0 aromatic heterocycles. The maximum atomic E-state index is 12.8. The predicted octanol–water partition coefficient (Wildman–Crippen LogP) is 2.79. The third kappa shape index (κ3) is 4.87. The molecule has 8 heteroatoms. The smallest absolute Gasteiger partial charge is 0.408 e. The van der Waals surface area contributed by atoms with Crippen molar-refractivity contribution in [1.82, 2.24) is 5.32 Å². The summed E-state index contributed by atoms with van der Waals surface area (Å²) >= 11 is 0. The number of carbonyl (C=O) groups excluding carboxylic acids is 4. The second-order valence-corrected chi connectivity index (χ2v) is 7.63. The van der Waals surface area contributed by atoms with Crippen LogP contribution in [0, 0.1) is 0 Å². The van der Waals surface area contributed by atoms with Gasteiger partial charge in [-0.15, -0.1) is 0 Å². The number of aliphatic hydroxyl groups excluding tert-OH is 1. The van der Waals surface area contributed by atoms with Crippen molar-refractivity contribution in [2.24, 2.45) is 0 Å². The third-order valence-electron chi connectivity index (χ3n) is 5.34. The normalized spacial score (nSPS) is 12.9. The molecule has 3 aromatic rings. The molecule has 2 N–H and O–H groups in total. The van der Waals surface area contributed by atoms with Crippen molar-refractivity contribution in [2.75, 3.05) is 6.61 Å².